The van der Waals surface area contributed by atoms with Gasteiger partial charge in [0.1, 0.15) is 10.4 Å². The van der Waals surface area contributed by atoms with Gasteiger partial charge in [-0.2, -0.15) is 0 Å². The van der Waals surface area contributed by atoms with E-state index in [-0.39, 0.29) is 17.2 Å². The Morgan fingerprint density at radius 1 is 1.26 bits per heavy atom. The van der Waals surface area contributed by atoms with Gasteiger partial charge in [0, 0.05) is 23.0 Å². The molecule has 9 heteroatoms. The number of benzene rings is 2. The van der Waals surface area contributed by atoms with Crippen molar-refractivity contribution in [1.29, 1.82) is 0 Å². The highest BCUT2D eigenvalue weighted by atomic mass is 35.5. The molecule has 4 rings (SSSR count). The number of hydrogen-bond donors (Lipinski definition) is 1. The number of nitrogens with zero attached hydrogens (tertiary/aromatic N) is 2. The zero-order chi connectivity index (χ0) is 22.0. The van der Waals surface area contributed by atoms with E-state index in [0.29, 0.717) is 31.8 Å². The van der Waals surface area contributed by atoms with Gasteiger partial charge in [0.2, 0.25) is 5.91 Å². The Labute approximate surface area is 191 Å². The summed E-state index contributed by atoms with van der Waals surface area (Å²) in [5.41, 5.74) is 2.92. The Hall–Kier alpha value is -2.81. The van der Waals surface area contributed by atoms with Crippen molar-refractivity contribution >= 4 is 56.5 Å². The predicted octanol–water partition coefficient (Wildman–Crippen LogP) is 5.05. The second kappa shape index (κ2) is 9.13. The summed E-state index contributed by atoms with van der Waals surface area (Å²) in [6.07, 6.45) is 0. The van der Waals surface area contributed by atoms with E-state index >= 15 is 0 Å². The Morgan fingerprint density at radius 2 is 2.03 bits per heavy atom. The van der Waals surface area contributed by atoms with Crippen LogP contribution in [0.15, 0.2) is 63.9 Å². The summed E-state index contributed by atoms with van der Waals surface area (Å²) in [7, 11) is 3.19. The summed E-state index contributed by atoms with van der Waals surface area (Å²) in [5, 5.41) is 5.70. The molecule has 1 amide bonds. The number of amides is 1. The first kappa shape index (κ1) is 21.4. The molecule has 1 N–H and O–H groups in total. The lowest BCUT2D eigenvalue weighted by molar-refractivity contribution is -0.113. The molecule has 0 bridgehead atoms. The number of nitrogens with one attached hydrogen (secondary N) is 1. The number of aromatic nitrogens is 2. The molecule has 158 valence electrons. The van der Waals surface area contributed by atoms with Crippen LogP contribution in [0, 0.1) is 0 Å². The van der Waals surface area contributed by atoms with Crippen LogP contribution in [-0.2, 0) is 11.8 Å². The first-order chi connectivity index (χ1) is 15.0. The molecule has 0 fully saturated rings. The molecular formula is C22H18ClN3O3S2. The van der Waals surface area contributed by atoms with Crippen LogP contribution in [0.1, 0.15) is 0 Å². The summed E-state index contributed by atoms with van der Waals surface area (Å²) in [6.45, 7) is 0. The number of rotatable bonds is 6. The largest absolute Gasteiger partial charge is 0.495 e. The van der Waals surface area contributed by atoms with E-state index < -0.39 is 0 Å². The van der Waals surface area contributed by atoms with Crippen LogP contribution in [-0.4, -0.2) is 28.3 Å². The van der Waals surface area contributed by atoms with Crippen molar-refractivity contribution in [2.75, 3.05) is 18.2 Å². The van der Waals surface area contributed by atoms with Crippen LogP contribution in [0.3, 0.4) is 0 Å². The summed E-state index contributed by atoms with van der Waals surface area (Å²) in [4.78, 5) is 30.1. The van der Waals surface area contributed by atoms with Crippen LogP contribution in [0.5, 0.6) is 5.75 Å². The van der Waals surface area contributed by atoms with E-state index in [9.17, 15) is 9.59 Å². The molecule has 2 heterocycles. The maximum atomic E-state index is 12.8. The molecule has 0 saturated heterocycles. The summed E-state index contributed by atoms with van der Waals surface area (Å²) in [6, 6.07) is 14.8. The molecule has 0 aliphatic heterocycles. The predicted molar refractivity (Wildman–Crippen MR) is 128 cm³/mol. The number of carbonyl (C=O) groups excluding carboxylic acids is 1. The van der Waals surface area contributed by atoms with Crippen molar-refractivity contribution < 1.29 is 9.53 Å². The fourth-order valence-corrected chi connectivity index (χ4v) is 5.00. The monoisotopic (exact) mass is 471 g/mol. The number of fused-ring (bicyclic) bond motifs is 1. The van der Waals surface area contributed by atoms with Crippen molar-refractivity contribution in [2.24, 2.45) is 7.05 Å². The Bertz CT molecular complexity index is 1320. The van der Waals surface area contributed by atoms with Gasteiger partial charge in [0.15, 0.2) is 5.16 Å². The quantitative estimate of drug-likeness (QED) is 0.314. The molecule has 6 nitrogen and oxygen atoms in total. The number of hydrogen-bond acceptors (Lipinski definition) is 6. The van der Waals surface area contributed by atoms with Crippen molar-refractivity contribution in [1.82, 2.24) is 9.55 Å². The first-order valence-corrected chi connectivity index (χ1v) is 11.5. The van der Waals surface area contributed by atoms with Gasteiger partial charge in [0.05, 0.1) is 24.1 Å². The minimum Gasteiger partial charge on any atom is -0.495 e. The average molecular weight is 472 g/mol. The summed E-state index contributed by atoms with van der Waals surface area (Å²) >= 11 is 8.60. The van der Waals surface area contributed by atoms with Crippen LogP contribution in [0.2, 0.25) is 5.02 Å². The molecule has 31 heavy (non-hydrogen) atoms. The topological polar surface area (TPSA) is 73.2 Å². The van der Waals surface area contributed by atoms with Gasteiger partial charge in [-0.3, -0.25) is 14.2 Å². The highest BCUT2D eigenvalue weighted by molar-refractivity contribution is 7.99. The number of carbonyl (C=O) groups is 1. The molecule has 0 saturated carbocycles. The van der Waals surface area contributed by atoms with Crippen LogP contribution >= 0.6 is 34.7 Å². The number of thiophene rings is 1. The number of ether oxygens (including phenoxy) is 1. The van der Waals surface area contributed by atoms with Gasteiger partial charge in [-0.15, -0.1) is 11.3 Å². The van der Waals surface area contributed by atoms with Crippen LogP contribution < -0.4 is 15.6 Å². The second-order valence-electron chi connectivity index (χ2n) is 6.63. The lowest BCUT2D eigenvalue weighted by Gasteiger charge is -2.11. The Balaban J connectivity index is 1.59. The highest BCUT2D eigenvalue weighted by Crippen LogP contribution is 2.32. The average Bonchev–Trinajstić information content (AvgIpc) is 3.20. The zero-order valence-electron chi connectivity index (χ0n) is 16.7. The van der Waals surface area contributed by atoms with Crippen molar-refractivity contribution in [3.8, 4) is 16.9 Å². The van der Waals surface area contributed by atoms with Gasteiger partial charge in [0.25, 0.3) is 5.56 Å². The molecule has 0 aliphatic carbocycles. The van der Waals surface area contributed by atoms with Crippen LogP contribution in [0.25, 0.3) is 21.3 Å². The molecule has 0 atom stereocenters. The summed E-state index contributed by atoms with van der Waals surface area (Å²) in [5.74, 6) is 0.334. The maximum absolute atomic E-state index is 12.8. The van der Waals surface area contributed by atoms with Gasteiger partial charge < -0.3 is 10.1 Å². The molecule has 2 aromatic carbocycles. The maximum Gasteiger partial charge on any atom is 0.271 e. The van der Waals surface area contributed by atoms with Crippen LogP contribution in [0.4, 0.5) is 5.69 Å². The fourth-order valence-electron chi connectivity index (χ4n) is 3.07. The fraction of sp³-hybridized carbons (Fsp3) is 0.136. The van der Waals surface area contributed by atoms with E-state index in [2.05, 4.69) is 5.32 Å². The smallest absolute Gasteiger partial charge is 0.271 e. The lowest BCUT2D eigenvalue weighted by Crippen LogP contribution is -2.21. The van der Waals surface area contributed by atoms with Crippen molar-refractivity contribution in [3.63, 3.8) is 0 Å². The molecule has 0 spiro atoms. The third-order valence-electron chi connectivity index (χ3n) is 4.61. The van der Waals surface area contributed by atoms with Crippen molar-refractivity contribution in [2.45, 2.75) is 5.16 Å². The molecular weight excluding hydrogens is 454 g/mol. The molecule has 4 aromatic rings. The zero-order valence-corrected chi connectivity index (χ0v) is 19.1. The van der Waals surface area contributed by atoms with Crippen molar-refractivity contribution in [3.05, 3.63) is 69.3 Å². The molecule has 2 aromatic heterocycles. The molecule has 0 radical (unpaired) electrons. The highest BCUT2D eigenvalue weighted by Gasteiger charge is 2.16. The van der Waals surface area contributed by atoms with Gasteiger partial charge in [-0.25, -0.2) is 4.98 Å². The number of anilines is 1. The minimum atomic E-state index is -0.256. The summed E-state index contributed by atoms with van der Waals surface area (Å²) < 4.78 is 7.33. The third kappa shape index (κ3) is 4.46. The molecule has 0 unspecified atom stereocenters. The minimum absolute atomic E-state index is 0.0757. The van der Waals surface area contributed by atoms with Gasteiger partial charge >= 0.3 is 0 Å². The number of methoxy groups -OCH3 is 1. The second-order valence-corrected chi connectivity index (χ2v) is 8.89. The molecule has 0 aliphatic rings. The van der Waals surface area contributed by atoms with E-state index in [1.165, 1.54) is 34.8 Å². The van der Waals surface area contributed by atoms with E-state index in [1.807, 2.05) is 35.7 Å². The Kier molecular flexibility index (Phi) is 6.31. The van der Waals surface area contributed by atoms with Gasteiger partial charge in [-0.05, 0) is 23.8 Å². The number of halogens is 1. The van der Waals surface area contributed by atoms with E-state index in [0.717, 1.165) is 11.1 Å². The van der Waals surface area contributed by atoms with E-state index in [1.54, 1.807) is 25.2 Å². The van der Waals surface area contributed by atoms with Gasteiger partial charge in [-0.1, -0.05) is 53.7 Å². The Morgan fingerprint density at radius 3 is 2.77 bits per heavy atom. The SMILES string of the molecule is COc1ccc(Cl)cc1NC(=O)CSc1nc2c(-c3ccccc3)csc2c(=O)n1C. The lowest BCUT2D eigenvalue weighted by atomic mass is 10.1. The van der Waals surface area contributed by atoms with E-state index in [4.69, 9.17) is 21.3 Å². The first-order valence-electron chi connectivity index (χ1n) is 9.27. The third-order valence-corrected chi connectivity index (χ3v) is 6.83. The standard InChI is InChI=1S/C22H18ClN3O3S2/c1-26-21(28)20-19(15(11-30-20)13-6-4-3-5-7-13)25-22(26)31-12-18(27)24-16-10-14(23)8-9-17(16)29-2/h3-11H,12H2,1-2H3,(H,24,27). The normalized spacial score (nSPS) is 10.9. The number of thioether (sulfide) groups is 1.